The van der Waals surface area contributed by atoms with Crippen molar-refractivity contribution in [1.29, 1.82) is 0 Å². The van der Waals surface area contributed by atoms with Crippen molar-refractivity contribution in [3.63, 3.8) is 0 Å². The van der Waals surface area contributed by atoms with Crippen LogP contribution in [0.4, 0.5) is 8.78 Å². The minimum absolute atomic E-state index is 0. The van der Waals surface area contributed by atoms with Gasteiger partial charge in [-0.05, 0) is 66.7 Å². The third-order valence-electron chi connectivity index (χ3n) is 4.19. The fraction of sp³-hybridized carbons (Fsp3) is 0.211. The van der Waals surface area contributed by atoms with Gasteiger partial charge in [0, 0.05) is 15.8 Å². The molecule has 2 aromatic carbocycles. The first-order valence-electron chi connectivity index (χ1n) is 8.21. The van der Waals surface area contributed by atoms with Crippen molar-refractivity contribution in [2.45, 2.75) is 24.7 Å². The molecule has 142 valence electrons. The van der Waals surface area contributed by atoms with Crippen LogP contribution in [-0.4, -0.2) is 16.9 Å². The molecule has 0 amide bonds. The Morgan fingerprint density at radius 3 is 2.44 bits per heavy atom. The molecular weight excluding hydrogens is 502 g/mol. The summed E-state index contributed by atoms with van der Waals surface area (Å²) in [6, 6.07) is 15.0. The smallest absolute Gasteiger partial charge is 0.387 e. The molecule has 0 unspecified atom stereocenters. The highest BCUT2D eigenvalue weighted by molar-refractivity contribution is 9.10. The first kappa shape index (κ1) is 20.4. The van der Waals surface area contributed by atoms with Crippen molar-refractivity contribution in [3.8, 4) is 22.7 Å². The Morgan fingerprint density at radius 1 is 1.07 bits per heavy atom. The van der Waals surface area contributed by atoms with Gasteiger partial charge in [-0.15, -0.1) is 0 Å². The number of thioether (sulfide) groups is 1. The number of aromatic nitrogens is 2. The third kappa shape index (κ3) is 4.38. The van der Waals surface area contributed by atoms with Crippen LogP contribution < -0.4 is 26.3 Å². The van der Waals surface area contributed by atoms with Crippen LogP contribution in [0.3, 0.4) is 0 Å². The maximum Gasteiger partial charge on any atom is 0.387 e. The zero-order valence-corrected chi connectivity index (χ0v) is 18.1. The Balaban J connectivity index is 0.00000210. The second-order valence-electron chi connectivity index (χ2n) is 5.91. The van der Waals surface area contributed by atoms with Crippen LogP contribution in [-0.2, 0) is 6.54 Å². The molecule has 3 nitrogen and oxygen atoms in total. The van der Waals surface area contributed by atoms with Crippen LogP contribution in [0.1, 0.15) is 6.42 Å². The molecule has 2 heterocycles. The molecule has 0 fully saturated rings. The van der Waals surface area contributed by atoms with E-state index in [1.165, 1.54) is 5.16 Å². The average Bonchev–Trinajstić information content (AvgIpc) is 3.02. The van der Waals surface area contributed by atoms with Gasteiger partial charge < -0.3 is 21.7 Å². The highest BCUT2D eigenvalue weighted by atomic mass is 79.9. The summed E-state index contributed by atoms with van der Waals surface area (Å²) >= 11 is 5.31. The molecular formula is C19H16Br2F2N2OS. The summed E-state index contributed by atoms with van der Waals surface area (Å²) in [6.07, 6.45) is 3.26. The van der Waals surface area contributed by atoms with Gasteiger partial charge in [-0.25, -0.2) is 4.57 Å². The molecule has 3 aromatic rings. The van der Waals surface area contributed by atoms with E-state index >= 15 is 0 Å². The van der Waals surface area contributed by atoms with Crippen LogP contribution in [0.5, 0.6) is 5.75 Å². The van der Waals surface area contributed by atoms with E-state index in [0.717, 1.165) is 40.1 Å². The van der Waals surface area contributed by atoms with Gasteiger partial charge in [0.1, 0.15) is 17.6 Å². The predicted molar refractivity (Wildman–Crippen MR) is 101 cm³/mol. The molecule has 0 spiro atoms. The summed E-state index contributed by atoms with van der Waals surface area (Å²) in [6.45, 7) is -1.84. The number of hydrogen-bond donors (Lipinski definition) is 0. The molecule has 1 aliphatic heterocycles. The van der Waals surface area contributed by atoms with E-state index in [1.54, 1.807) is 12.1 Å². The number of fused-ring (bicyclic) bond motifs is 1. The molecule has 0 saturated carbocycles. The van der Waals surface area contributed by atoms with Crippen molar-refractivity contribution in [2.24, 2.45) is 0 Å². The van der Waals surface area contributed by atoms with E-state index in [1.807, 2.05) is 36.0 Å². The van der Waals surface area contributed by atoms with Crippen LogP contribution >= 0.6 is 27.7 Å². The zero-order valence-electron chi connectivity index (χ0n) is 14.1. The van der Waals surface area contributed by atoms with Crippen molar-refractivity contribution in [1.82, 2.24) is 4.57 Å². The number of halogens is 4. The standard InChI is InChI=1S/C19H16BrF2N2OS.BrH/c20-14-4-6-15(7-5-14)24-17(12-23-10-1-11-26-19(23)24)13-2-8-16(9-3-13)25-18(21)22;/h2-9,12,18H,1,10-11H2;1H/q+1;/p-1. The van der Waals surface area contributed by atoms with Gasteiger partial charge >= 0.3 is 11.8 Å². The molecule has 1 aliphatic rings. The highest BCUT2D eigenvalue weighted by Crippen LogP contribution is 2.32. The topological polar surface area (TPSA) is 18.0 Å². The molecule has 1 aromatic heterocycles. The second-order valence-corrected chi connectivity index (χ2v) is 7.88. The van der Waals surface area contributed by atoms with E-state index in [4.69, 9.17) is 0 Å². The first-order chi connectivity index (χ1) is 12.6. The number of ether oxygens (including phenoxy) is 1. The third-order valence-corrected chi connectivity index (χ3v) is 5.89. The maximum atomic E-state index is 12.4. The molecule has 0 bridgehead atoms. The summed E-state index contributed by atoms with van der Waals surface area (Å²) in [7, 11) is 0. The summed E-state index contributed by atoms with van der Waals surface area (Å²) in [5.41, 5.74) is 3.05. The van der Waals surface area contributed by atoms with Crippen LogP contribution in [0.25, 0.3) is 16.9 Å². The lowest BCUT2D eigenvalue weighted by molar-refractivity contribution is -0.734. The van der Waals surface area contributed by atoms with Gasteiger partial charge in [0.05, 0.1) is 6.54 Å². The largest absolute Gasteiger partial charge is 1.00 e. The van der Waals surface area contributed by atoms with Crippen LogP contribution in [0, 0.1) is 0 Å². The predicted octanol–water partition coefficient (Wildman–Crippen LogP) is 2.30. The van der Waals surface area contributed by atoms with E-state index < -0.39 is 6.61 Å². The molecule has 0 atom stereocenters. The van der Waals surface area contributed by atoms with Crippen molar-refractivity contribution in [3.05, 3.63) is 59.2 Å². The zero-order chi connectivity index (χ0) is 18.1. The van der Waals surface area contributed by atoms with Gasteiger partial charge in [0.2, 0.25) is 0 Å². The number of nitrogens with zero attached hydrogens (tertiary/aromatic N) is 2. The number of benzene rings is 2. The van der Waals surface area contributed by atoms with Crippen LogP contribution in [0.2, 0.25) is 0 Å². The normalized spacial score (nSPS) is 13.2. The van der Waals surface area contributed by atoms with E-state index in [9.17, 15) is 8.78 Å². The lowest BCUT2D eigenvalue weighted by atomic mass is 10.1. The van der Waals surface area contributed by atoms with E-state index in [2.05, 4.69) is 48.1 Å². The molecule has 0 saturated heterocycles. The number of hydrogen-bond acceptors (Lipinski definition) is 2. The van der Waals surface area contributed by atoms with Gasteiger partial charge in [0.25, 0.3) is 0 Å². The number of imidazole rings is 1. The fourth-order valence-corrected chi connectivity index (χ4v) is 4.41. The summed E-state index contributed by atoms with van der Waals surface area (Å²) in [5, 5.41) is 1.18. The fourth-order valence-electron chi connectivity index (χ4n) is 3.05. The Kier molecular flexibility index (Phi) is 6.60. The Hall–Kier alpha value is -1.38. The Morgan fingerprint density at radius 2 is 1.78 bits per heavy atom. The minimum atomic E-state index is -2.81. The second kappa shape index (κ2) is 8.75. The SMILES string of the molecule is FC(F)Oc1ccc(-c2c[n+]3c(n2-c2ccc(Br)cc2)SCCC3)cc1.[Br-]. The maximum absolute atomic E-state index is 12.4. The van der Waals surface area contributed by atoms with Crippen molar-refractivity contribution in [2.75, 3.05) is 5.75 Å². The molecule has 0 radical (unpaired) electrons. The van der Waals surface area contributed by atoms with Crippen LogP contribution in [0.15, 0.2) is 64.4 Å². The minimum Gasteiger partial charge on any atom is -1.00 e. The monoisotopic (exact) mass is 516 g/mol. The number of aryl methyl sites for hydroxylation is 1. The summed E-state index contributed by atoms with van der Waals surface area (Å²) in [4.78, 5) is 0. The van der Waals surface area contributed by atoms with Gasteiger partial charge in [-0.3, -0.25) is 0 Å². The first-order valence-corrected chi connectivity index (χ1v) is 9.99. The molecule has 0 aliphatic carbocycles. The molecule has 27 heavy (non-hydrogen) atoms. The number of alkyl halides is 2. The quantitative estimate of drug-likeness (QED) is 0.494. The summed E-state index contributed by atoms with van der Waals surface area (Å²) in [5.74, 6) is 1.25. The Labute approximate surface area is 179 Å². The Bertz CT molecular complexity index is 915. The van der Waals surface area contributed by atoms with Gasteiger partial charge in [-0.1, -0.05) is 15.9 Å². The average molecular weight is 518 g/mol. The lowest BCUT2D eigenvalue weighted by Gasteiger charge is -2.10. The van der Waals surface area contributed by atoms with E-state index in [-0.39, 0.29) is 22.7 Å². The molecule has 4 rings (SSSR count). The summed E-state index contributed by atoms with van der Waals surface area (Å²) < 4.78 is 34.7. The van der Waals surface area contributed by atoms with E-state index in [0.29, 0.717) is 0 Å². The molecule has 0 N–H and O–H groups in total. The number of rotatable bonds is 4. The lowest BCUT2D eigenvalue weighted by Crippen LogP contribution is -3.00. The molecule has 8 heteroatoms. The van der Waals surface area contributed by atoms with Gasteiger partial charge in [-0.2, -0.15) is 13.3 Å². The van der Waals surface area contributed by atoms with Crippen molar-refractivity contribution >= 4 is 27.7 Å². The van der Waals surface area contributed by atoms with Crippen molar-refractivity contribution < 1.29 is 35.1 Å². The highest BCUT2D eigenvalue weighted by Gasteiger charge is 2.28. The van der Waals surface area contributed by atoms with Gasteiger partial charge in [0.15, 0.2) is 5.69 Å².